The van der Waals surface area contributed by atoms with E-state index in [0.717, 1.165) is 5.69 Å². The Morgan fingerprint density at radius 2 is 2.10 bits per heavy atom. The van der Waals surface area contributed by atoms with Crippen molar-refractivity contribution in [3.05, 3.63) is 45.8 Å². The fourth-order valence-corrected chi connectivity index (χ4v) is 1.71. The standard InChI is InChI=1S/C12H13N5O3/c1-7-11(8(2)16-15-7)14-12(18)13-9-4-3-5-10(6-9)17(19)20/h3-6H,1-2H3,(H,15,16)(H2,13,14,18). The van der Waals surface area contributed by atoms with Crippen LogP contribution in [0.25, 0.3) is 0 Å². The second-order valence-electron chi connectivity index (χ2n) is 4.20. The summed E-state index contributed by atoms with van der Waals surface area (Å²) in [5.74, 6) is 0. The molecule has 0 spiro atoms. The van der Waals surface area contributed by atoms with Gasteiger partial charge in [-0.25, -0.2) is 4.79 Å². The van der Waals surface area contributed by atoms with Crippen molar-refractivity contribution in [1.82, 2.24) is 10.2 Å². The van der Waals surface area contributed by atoms with Crippen LogP contribution >= 0.6 is 0 Å². The van der Waals surface area contributed by atoms with Crippen molar-refractivity contribution in [2.24, 2.45) is 0 Å². The molecule has 2 amide bonds. The number of aryl methyl sites for hydroxylation is 2. The smallest absolute Gasteiger partial charge is 0.307 e. The number of carbonyl (C=O) groups excluding carboxylic acids is 1. The molecule has 104 valence electrons. The third-order valence-electron chi connectivity index (χ3n) is 2.68. The molecule has 0 aliphatic rings. The van der Waals surface area contributed by atoms with Crippen LogP contribution in [-0.2, 0) is 0 Å². The third kappa shape index (κ3) is 2.91. The van der Waals surface area contributed by atoms with Gasteiger partial charge in [0.1, 0.15) is 0 Å². The molecule has 8 heteroatoms. The second kappa shape index (κ2) is 5.39. The lowest BCUT2D eigenvalue weighted by atomic mass is 10.3. The van der Waals surface area contributed by atoms with Crippen LogP contribution in [0.3, 0.4) is 0 Å². The quantitative estimate of drug-likeness (QED) is 0.590. The van der Waals surface area contributed by atoms with Gasteiger partial charge >= 0.3 is 6.03 Å². The van der Waals surface area contributed by atoms with E-state index in [1.165, 1.54) is 18.2 Å². The SMILES string of the molecule is Cc1n[nH]c(C)c1NC(=O)Nc1cccc([N+](=O)[O-])c1. The first-order valence-corrected chi connectivity index (χ1v) is 5.81. The number of hydrogen-bond acceptors (Lipinski definition) is 4. The number of urea groups is 1. The van der Waals surface area contributed by atoms with Gasteiger partial charge in [-0.3, -0.25) is 15.2 Å². The van der Waals surface area contributed by atoms with Crippen molar-refractivity contribution in [3.63, 3.8) is 0 Å². The summed E-state index contributed by atoms with van der Waals surface area (Å²) >= 11 is 0. The van der Waals surface area contributed by atoms with Crippen LogP contribution < -0.4 is 10.6 Å². The van der Waals surface area contributed by atoms with E-state index in [-0.39, 0.29) is 5.69 Å². The molecule has 8 nitrogen and oxygen atoms in total. The molecule has 20 heavy (non-hydrogen) atoms. The maximum Gasteiger partial charge on any atom is 0.323 e. The number of hydrogen-bond donors (Lipinski definition) is 3. The zero-order valence-electron chi connectivity index (χ0n) is 10.9. The maximum atomic E-state index is 11.8. The van der Waals surface area contributed by atoms with Crippen LogP contribution in [0.1, 0.15) is 11.4 Å². The fourth-order valence-electron chi connectivity index (χ4n) is 1.71. The van der Waals surface area contributed by atoms with Crippen molar-refractivity contribution < 1.29 is 9.72 Å². The molecular formula is C12H13N5O3. The molecule has 1 aromatic heterocycles. The Hall–Kier alpha value is -2.90. The minimum atomic E-state index is -0.520. The first-order valence-electron chi connectivity index (χ1n) is 5.81. The minimum Gasteiger partial charge on any atom is -0.307 e. The summed E-state index contributed by atoms with van der Waals surface area (Å²) in [5.41, 5.74) is 2.25. The summed E-state index contributed by atoms with van der Waals surface area (Å²) in [5, 5.41) is 22.5. The molecule has 0 bridgehead atoms. The van der Waals surface area contributed by atoms with Crippen molar-refractivity contribution in [2.75, 3.05) is 10.6 Å². The molecule has 1 heterocycles. The lowest BCUT2D eigenvalue weighted by molar-refractivity contribution is -0.384. The van der Waals surface area contributed by atoms with Gasteiger partial charge in [0.2, 0.25) is 0 Å². The van der Waals surface area contributed by atoms with E-state index in [1.54, 1.807) is 19.9 Å². The minimum absolute atomic E-state index is 0.0847. The van der Waals surface area contributed by atoms with Gasteiger partial charge in [-0.2, -0.15) is 5.10 Å². The van der Waals surface area contributed by atoms with Crippen LogP contribution in [0.15, 0.2) is 24.3 Å². The number of aromatic amines is 1. The topological polar surface area (TPSA) is 113 Å². The number of nitro groups is 1. The number of amides is 2. The highest BCUT2D eigenvalue weighted by Crippen LogP contribution is 2.19. The summed E-state index contributed by atoms with van der Waals surface area (Å²) < 4.78 is 0. The number of aromatic nitrogens is 2. The molecule has 2 rings (SSSR count). The Bertz CT molecular complexity index is 645. The number of nitrogens with zero attached hydrogens (tertiary/aromatic N) is 2. The molecule has 0 fully saturated rings. The molecular weight excluding hydrogens is 262 g/mol. The van der Waals surface area contributed by atoms with E-state index in [4.69, 9.17) is 0 Å². The highest BCUT2D eigenvalue weighted by Gasteiger charge is 2.11. The molecule has 0 radical (unpaired) electrons. The molecule has 1 aromatic carbocycles. The summed E-state index contributed by atoms with van der Waals surface area (Å²) in [7, 11) is 0. The fraction of sp³-hybridized carbons (Fsp3) is 0.167. The summed E-state index contributed by atoms with van der Waals surface area (Å²) in [6.45, 7) is 3.54. The van der Waals surface area contributed by atoms with Gasteiger partial charge in [-0.15, -0.1) is 0 Å². The molecule has 0 saturated carbocycles. The molecule has 0 atom stereocenters. The first kappa shape index (κ1) is 13.5. The van der Waals surface area contributed by atoms with Crippen molar-refractivity contribution in [1.29, 1.82) is 0 Å². The van der Waals surface area contributed by atoms with Crippen LogP contribution in [0.5, 0.6) is 0 Å². The number of nitrogens with one attached hydrogen (secondary N) is 3. The predicted octanol–water partition coefficient (Wildman–Crippen LogP) is 2.58. The van der Waals surface area contributed by atoms with Crippen molar-refractivity contribution >= 4 is 23.1 Å². The van der Waals surface area contributed by atoms with Gasteiger partial charge in [-0.05, 0) is 19.9 Å². The number of H-pyrrole nitrogens is 1. The van der Waals surface area contributed by atoms with Gasteiger partial charge in [0.25, 0.3) is 5.69 Å². The van der Waals surface area contributed by atoms with Gasteiger partial charge in [-0.1, -0.05) is 6.07 Å². The number of nitro benzene ring substituents is 1. The summed E-state index contributed by atoms with van der Waals surface area (Å²) in [6.07, 6.45) is 0. The lowest BCUT2D eigenvalue weighted by Gasteiger charge is -2.07. The Labute approximate surface area is 114 Å². The van der Waals surface area contributed by atoms with Crippen LogP contribution in [0.4, 0.5) is 21.9 Å². The van der Waals surface area contributed by atoms with E-state index >= 15 is 0 Å². The molecule has 0 aliphatic carbocycles. The number of carbonyl (C=O) groups is 1. The van der Waals surface area contributed by atoms with E-state index in [9.17, 15) is 14.9 Å². The third-order valence-corrected chi connectivity index (χ3v) is 2.68. The Kier molecular flexibility index (Phi) is 3.65. The van der Waals surface area contributed by atoms with Gasteiger partial charge < -0.3 is 10.6 Å². The first-order chi connectivity index (χ1) is 9.47. The Morgan fingerprint density at radius 3 is 2.70 bits per heavy atom. The Morgan fingerprint density at radius 1 is 1.35 bits per heavy atom. The number of anilines is 2. The summed E-state index contributed by atoms with van der Waals surface area (Å²) in [6, 6.07) is 5.23. The van der Waals surface area contributed by atoms with Gasteiger partial charge in [0.05, 0.1) is 22.0 Å². The largest absolute Gasteiger partial charge is 0.323 e. The number of rotatable bonds is 3. The number of non-ortho nitro benzene ring substituents is 1. The van der Waals surface area contributed by atoms with E-state index in [2.05, 4.69) is 20.8 Å². The van der Waals surface area contributed by atoms with Crippen LogP contribution in [0.2, 0.25) is 0 Å². The lowest BCUT2D eigenvalue weighted by Crippen LogP contribution is -2.20. The van der Waals surface area contributed by atoms with Crippen molar-refractivity contribution in [3.8, 4) is 0 Å². The van der Waals surface area contributed by atoms with E-state index < -0.39 is 11.0 Å². The van der Waals surface area contributed by atoms with E-state index in [0.29, 0.717) is 17.1 Å². The molecule has 2 aromatic rings. The van der Waals surface area contributed by atoms with Crippen LogP contribution in [-0.4, -0.2) is 21.2 Å². The second-order valence-corrected chi connectivity index (χ2v) is 4.20. The molecule has 0 unspecified atom stereocenters. The molecule has 3 N–H and O–H groups in total. The van der Waals surface area contributed by atoms with Gasteiger partial charge in [0.15, 0.2) is 0 Å². The average molecular weight is 275 g/mol. The normalized spacial score (nSPS) is 10.1. The highest BCUT2D eigenvalue weighted by atomic mass is 16.6. The maximum absolute atomic E-state index is 11.8. The zero-order valence-corrected chi connectivity index (χ0v) is 10.9. The monoisotopic (exact) mass is 275 g/mol. The highest BCUT2D eigenvalue weighted by molar-refractivity contribution is 6.00. The van der Waals surface area contributed by atoms with E-state index in [1.807, 2.05) is 0 Å². The molecule has 0 aliphatic heterocycles. The average Bonchev–Trinajstić information content (AvgIpc) is 2.71. The predicted molar refractivity (Wildman–Crippen MR) is 73.8 cm³/mol. The zero-order chi connectivity index (χ0) is 14.7. The summed E-state index contributed by atoms with van der Waals surface area (Å²) in [4.78, 5) is 22.0. The van der Waals surface area contributed by atoms with Crippen molar-refractivity contribution in [2.45, 2.75) is 13.8 Å². The molecule has 0 saturated heterocycles. The van der Waals surface area contributed by atoms with Gasteiger partial charge in [0, 0.05) is 17.8 Å². The van der Waals surface area contributed by atoms with Crippen LogP contribution in [0, 0.1) is 24.0 Å². The number of benzene rings is 1. The Balaban J connectivity index is 2.09.